The fourth-order valence-corrected chi connectivity index (χ4v) is 2.39. The summed E-state index contributed by atoms with van der Waals surface area (Å²) < 4.78 is 0. The van der Waals surface area contributed by atoms with Gasteiger partial charge in [0, 0.05) is 31.4 Å². The molecule has 0 unspecified atom stereocenters. The molecule has 0 aliphatic rings. The van der Waals surface area contributed by atoms with E-state index in [-0.39, 0.29) is 5.91 Å². The van der Waals surface area contributed by atoms with Gasteiger partial charge in [-0.25, -0.2) is 0 Å². The van der Waals surface area contributed by atoms with Crippen molar-refractivity contribution in [2.24, 2.45) is 0 Å². The predicted octanol–water partition coefficient (Wildman–Crippen LogP) is 4.81. The average Bonchev–Trinajstić information content (AvgIpc) is 2.45. The number of nitrogens with one attached hydrogen (secondary N) is 1. The monoisotopic (exact) mass is 310 g/mol. The Kier molecular flexibility index (Phi) is 8.21. The van der Waals surface area contributed by atoms with E-state index in [1.54, 1.807) is 31.1 Å². The number of rotatable bonds is 9. The van der Waals surface area contributed by atoms with Crippen LogP contribution in [-0.4, -0.2) is 31.4 Å². The second-order valence-corrected chi connectivity index (χ2v) is 6.02. The first-order chi connectivity index (χ1) is 10.1. The quantitative estimate of drug-likeness (QED) is 0.664. The molecule has 0 aromatic heterocycles. The normalized spacial score (nSPS) is 10.5. The highest BCUT2D eigenvalue weighted by molar-refractivity contribution is 6.31. The Morgan fingerprint density at radius 2 is 1.81 bits per heavy atom. The highest BCUT2D eigenvalue weighted by Crippen LogP contribution is 2.22. The third kappa shape index (κ3) is 6.38. The molecule has 0 bridgehead atoms. The summed E-state index contributed by atoms with van der Waals surface area (Å²) in [7, 11) is 3.52. The van der Waals surface area contributed by atoms with E-state index in [0.717, 1.165) is 18.7 Å². The molecule has 0 saturated carbocycles. The molecule has 1 N–H and O–H groups in total. The number of nitrogens with zero attached hydrogens (tertiary/aromatic N) is 1. The van der Waals surface area contributed by atoms with Gasteiger partial charge >= 0.3 is 0 Å². The fraction of sp³-hybridized carbons (Fsp3) is 0.588. The van der Waals surface area contributed by atoms with Crippen LogP contribution in [0, 0.1) is 0 Å². The van der Waals surface area contributed by atoms with Gasteiger partial charge in [-0.3, -0.25) is 4.79 Å². The van der Waals surface area contributed by atoms with Crippen LogP contribution in [0.3, 0.4) is 0 Å². The van der Waals surface area contributed by atoms with Gasteiger partial charge in [-0.05, 0) is 24.6 Å². The number of anilines is 1. The van der Waals surface area contributed by atoms with Gasteiger partial charge < -0.3 is 10.2 Å². The Morgan fingerprint density at radius 3 is 2.48 bits per heavy atom. The van der Waals surface area contributed by atoms with Gasteiger partial charge in [0.1, 0.15) is 0 Å². The van der Waals surface area contributed by atoms with Crippen LogP contribution in [0.25, 0.3) is 0 Å². The molecule has 0 radical (unpaired) electrons. The van der Waals surface area contributed by atoms with Gasteiger partial charge in [0.15, 0.2) is 0 Å². The van der Waals surface area contributed by atoms with Crippen LogP contribution in [0.1, 0.15) is 55.8 Å². The van der Waals surface area contributed by atoms with E-state index in [0.29, 0.717) is 10.6 Å². The smallest absolute Gasteiger partial charge is 0.255 e. The second-order valence-electron chi connectivity index (χ2n) is 5.58. The van der Waals surface area contributed by atoms with E-state index in [9.17, 15) is 4.79 Å². The Hall–Kier alpha value is -1.22. The third-order valence-corrected chi connectivity index (χ3v) is 3.70. The van der Waals surface area contributed by atoms with Crippen LogP contribution >= 0.6 is 11.6 Å². The summed E-state index contributed by atoms with van der Waals surface area (Å²) in [5.41, 5.74) is 1.50. The van der Waals surface area contributed by atoms with Gasteiger partial charge in [0.2, 0.25) is 0 Å². The summed E-state index contributed by atoms with van der Waals surface area (Å²) in [5.74, 6) is -0.00267. The van der Waals surface area contributed by atoms with E-state index >= 15 is 0 Å². The van der Waals surface area contributed by atoms with E-state index in [2.05, 4.69) is 12.2 Å². The van der Waals surface area contributed by atoms with Crippen molar-refractivity contribution in [1.29, 1.82) is 0 Å². The topological polar surface area (TPSA) is 32.3 Å². The van der Waals surface area contributed by atoms with Crippen LogP contribution in [0.2, 0.25) is 5.02 Å². The molecule has 0 aliphatic carbocycles. The van der Waals surface area contributed by atoms with Crippen molar-refractivity contribution < 1.29 is 4.79 Å². The second kappa shape index (κ2) is 9.67. The molecule has 118 valence electrons. The number of hydrogen-bond donors (Lipinski definition) is 1. The third-order valence-electron chi connectivity index (χ3n) is 3.46. The Bertz CT molecular complexity index is 446. The van der Waals surface area contributed by atoms with Crippen molar-refractivity contribution in [1.82, 2.24) is 4.90 Å². The van der Waals surface area contributed by atoms with E-state index in [1.807, 2.05) is 6.07 Å². The number of unbranched alkanes of at least 4 members (excludes halogenated alkanes) is 5. The molecule has 0 fully saturated rings. The molecule has 1 rings (SSSR count). The van der Waals surface area contributed by atoms with Crippen molar-refractivity contribution in [2.75, 3.05) is 26.0 Å². The Balaban J connectivity index is 2.50. The lowest BCUT2D eigenvalue weighted by atomic mass is 10.1. The van der Waals surface area contributed by atoms with Crippen LogP contribution in [-0.2, 0) is 0 Å². The minimum Gasteiger partial charge on any atom is -0.384 e. The van der Waals surface area contributed by atoms with Crippen molar-refractivity contribution in [3.63, 3.8) is 0 Å². The summed E-state index contributed by atoms with van der Waals surface area (Å²) in [6.07, 6.45) is 7.54. The summed E-state index contributed by atoms with van der Waals surface area (Å²) in [5, 5.41) is 4.00. The van der Waals surface area contributed by atoms with Gasteiger partial charge in [-0.15, -0.1) is 0 Å². The van der Waals surface area contributed by atoms with E-state index < -0.39 is 0 Å². The lowest BCUT2D eigenvalue weighted by Crippen LogP contribution is -2.23. The van der Waals surface area contributed by atoms with Crippen LogP contribution in [0.5, 0.6) is 0 Å². The molecule has 4 heteroatoms. The highest BCUT2D eigenvalue weighted by Gasteiger charge is 2.13. The number of halogens is 1. The van der Waals surface area contributed by atoms with Crippen molar-refractivity contribution in [2.45, 2.75) is 45.4 Å². The molecular weight excluding hydrogens is 284 g/mol. The SMILES string of the molecule is CCCCCCCCNc1cc(Cl)ccc1C(=O)N(C)C. The Labute approximate surface area is 133 Å². The molecule has 0 atom stereocenters. The lowest BCUT2D eigenvalue weighted by molar-refractivity contribution is 0.0828. The summed E-state index contributed by atoms with van der Waals surface area (Å²) in [4.78, 5) is 13.7. The zero-order valence-electron chi connectivity index (χ0n) is 13.4. The summed E-state index contributed by atoms with van der Waals surface area (Å²) in [6.45, 7) is 3.10. The largest absolute Gasteiger partial charge is 0.384 e. The fourth-order valence-electron chi connectivity index (χ4n) is 2.22. The maximum absolute atomic E-state index is 12.1. The zero-order chi connectivity index (χ0) is 15.7. The Morgan fingerprint density at radius 1 is 1.14 bits per heavy atom. The van der Waals surface area contributed by atoms with Gasteiger partial charge in [-0.1, -0.05) is 50.6 Å². The molecule has 1 amide bonds. The molecule has 0 spiro atoms. The van der Waals surface area contributed by atoms with Crippen LogP contribution in [0.4, 0.5) is 5.69 Å². The highest BCUT2D eigenvalue weighted by atomic mass is 35.5. The number of hydrogen-bond acceptors (Lipinski definition) is 2. The molecular formula is C17H27ClN2O. The predicted molar refractivity (Wildman–Crippen MR) is 91.3 cm³/mol. The maximum atomic E-state index is 12.1. The molecule has 0 heterocycles. The van der Waals surface area contributed by atoms with Gasteiger partial charge in [0.05, 0.1) is 5.56 Å². The first-order valence-electron chi connectivity index (χ1n) is 7.81. The summed E-state index contributed by atoms with van der Waals surface area (Å²) in [6, 6.07) is 5.37. The molecule has 0 saturated heterocycles. The van der Waals surface area contributed by atoms with Gasteiger partial charge in [-0.2, -0.15) is 0 Å². The van der Waals surface area contributed by atoms with Crippen molar-refractivity contribution in [3.05, 3.63) is 28.8 Å². The number of amides is 1. The first-order valence-corrected chi connectivity index (χ1v) is 8.19. The van der Waals surface area contributed by atoms with E-state index in [4.69, 9.17) is 11.6 Å². The average molecular weight is 311 g/mol. The van der Waals surface area contributed by atoms with Crippen LogP contribution < -0.4 is 5.32 Å². The minimum atomic E-state index is -0.00267. The van der Waals surface area contributed by atoms with Crippen molar-refractivity contribution in [3.8, 4) is 0 Å². The number of carbonyl (C=O) groups excluding carboxylic acids is 1. The van der Waals surface area contributed by atoms with Crippen LogP contribution in [0.15, 0.2) is 18.2 Å². The van der Waals surface area contributed by atoms with Gasteiger partial charge in [0.25, 0.3) is 5.91 Å². The molecule has 1 aromatic rings. The number of benzene rings is 1. The van der Waals surface area contributed by atoms with Crippen molar-refractivity contribution >= 4 is 23.2 Å². The minimum absolute atomic E-state index is 0.00267. The lowest BCUT2D eigenvalue weighted by Gasteiger charge is -2.15. The molecule has 0 aliphatic heterocycles. The number of carbonyl (C=O) groups is 1. The zero-order valence-corrected chi connectivity index (χ0v) is 14.2. The maximum Gasteiger partial charge on any atom is 0.255 e. The molecule has 1 aromatic carbocycles. The summed E-state index contributed by atoms with van der Waals surface area (Å²) >= 11 is 6.03. The molecule has 21 heavy (non-hydrogen) atoms. The first kappa shape index (κ1) is 17.8. The van der Waals surface area contributed by atoms with E-state index in [1.165, 1.54) is 32.1 Å². The standard InChI is InChI=1S/C17H27ClN2O/c1-4-5-6-7-8-9-12-19-16-13-14(18)10-11-15(16)17(21)20(2)3/h10-11,13,19H,4-9,12H2,1-3H3. The molecule has 3 nitrogen and oxygen atoms in total.